The van der Waals surface area contributed by atoms with Crippen LogP contribution in [0.25, 0.3) is 0 Å². The molecule has 78 valence electrons. The van der Waals surface area contributed by atoms with Crippen molar-refractivity contribution >= 4 is 11.6 Å². The van der Waals surface area contributed by atoms with Gasteiger partial charge < -0.3 is 9.47 Å². The quantitative estimate of drug-likeness (QED) is 0.718. The van der Waals surface area contributed by atoms with Crippen LogP contribution in [0, 0.1) is 0 Å². The minimum Gasteiger partial charge on any atom is -0.493 e. The monoisotopic (exact) mass is 214 g/mol. The van der Waals surface area contributed by atoms with E-state index in [2.05, 4.69) is 0 Å². The number of rotatable bonds is 4. The topological polar surface area (TPSA) is 18.5 Å². The molecule has 0 aromatic heterocycles. The van der Waals surface area contributed by atoms with E-state index in [-0.39, 0.29) is 5.38 Å². The molecule has 0 fully saturated rings. The summed E-state index contributed by atoms with van der Waals surface area (Å²) in [4.78, 5) is 0. The number of ether oxygens (including phenoxy) is 2. The highest BCUT2D eigenvalue weighted by molar-refractivity contribution is 6.20. The van der Waals surface area contributed by atoms with Gasteiger partial charge >= 0.3 is 0 Å². The molecular formula is C11H15ClO2. The Balaban J connectivity index is 2.89. The van der Waals surface area contributed by atoms with Crippen LogP contribution in [0.4, 0.5) is 0 Å². The fraction of sp³-hybridized carbons (Fsp3) is 0.455. The van der Waals surface area contributed by atoms with E-state index in [1.807, 2.05) is 25.1 Å². The number of benzene rings is 1. The van der Waals surface area contributed by atoms with Crippen LogP contribution in [-0.2, 0) is 6.42 Å². The van der Waals surface area contributed by atoms with Gasteiger partial charge in [0.1, 0.15) is 0 Å². The Labute approximate surface area is 89.8 Å². The first-order chi connectivity index (χ1) is 6.67. The van der Waals surface area contributed by atoms with Gasteiger partial charge in [-0.05, 0) is 31.0 Å². The highest BCUT2D eigenvalue weighted by Crippen LogP contribution is 2.28. The predicted molar refractivity (Wildman–Crippen MR) is 58.6 cm³/mol. The van der Waals surface area contributed by atoms with Crippen LogP contribution in [0.3, 0.4) is 0 Å². The van der Waals surface area contributed by atoms with Crippen LogP contribution >= 0.6 is 11.6 Å². The van der Waals surface area contributed by atoms with E-state index in [1.165, 1.54) is 0 Å². The fourth-order valence-corrected chi connectivity index (χ4v) is 1.51. The molecule has 3 heteroatoms. The average molecular weight is 215 g/mol. The van der Waals surface area contributed by atoms with Crippen LogP contribution in [0.2, 0.25) is 0 Å². The Hall–Kier alpha value is -0.890. The number of hydrogen-bond donors (Lipinski definition) is 0. The smallest absolute Gasteiger partial charge is 0.160 e. The molecule has 0 saturated carbocycles. The Morgan fingerprint density at radius 1 is 1.21 bits per heavy atom. The standard InChI is InChI=1S/C11H15ClO2/c1-8(12)6-9-4-5-10(13-2)11(7-9)14-3/h4-5,7-8H,6H2,1-3H3/t8-/m0/s1. The third kappa shape index (κ3) is 2.81. The molecule has 1 aromatic carbocycles. The van der Waals surface area contributed by atoms with Crippen LogP contribution in [0.15, 0.2) is 18.2 Å². The van der Waals surface area contributed by atoms with Gasteiger partial charge in [-0.15, -0.1) is 11.6 Å². The summed E-state index contributed by atoms with van der Waals surface area (Å²) >= 11 is 5.91. The van der Waals surface area contributed by atoms with Crippen LogP contribution < -0.4 is 9.47 Å². The molecule has 0 aliphatic heterocycles. The van der Waals surface area contributed by atoms with Crippen molar-refractivity contribution in [1.29, 1.82) is 0 Å². The van der Waals surface area contributed by atoms with Gasteiger partial charge in [-0.1, -0.05) is 6.07 Å². The first-order valence-electron chi connectivity index (χ1n) is 4.52. The third-order valence-corrected chi connectivity index (χ3v) is 2.12. The number of hydrogen-bond acceptors (Lipinski definition) is 2. The predicted octanol–water partition coefficient (Wildman–Crippen LogP) is 2.87. The first-order valence-corrected chi connectivity index (χ1v) is 4.96. The lowest BCUT2D eigenvalue weighted by molar-refractivity contribution is 0.354. The van der Waals surface area contributed by atoms with Gasteiger partial charge in [-0.3, -0.25) is 0 Å². The minimum atomic E-state index is 0.133. The van der Waals surface area contributed by atoms with Gasteiger partial charge in [-0.25, -0.2) is 0 Å². The van der Waals surface area contributed by atoms with Crippen molar-refractivity contribution in [3.8, 4) is 11.5 Å². The average Bonchev–Trinajstić information content (AvgIpc) is 2.16. The highest BCUT2D eigenvalue weighted by Gasteiger charge is 2.05. The first kappa shape index (κ1) is 11.2. The molecule has 0 heterocycles. The third-order valence-electron chi connectivity index (χ3n) is 1.96. The Morgan fingerprint density at radius 3 is 2.36 bits per heavy atom. The summed E-state index contributed by atoms with van der Waals surface area (Å²) in [6.07, 6.45) is 0.835. The Morgan fingerprint density at radius 2 is 1.86 bits per heavy atom. The maximum Gasteiger partial charge on any atom is 0.160 e. The summed E-state index contributed by atoms with van der Waals surface area (Å²) in [6, 6.07) is 5.85. The summed E-state index contributed by atoms with van der Waals surface area (Å²) in [6.45, 7) is 1.97. The lowest BCUT2D eigenvalue weighted by Gasteiger charge is -2.10. The summed E-state index contributed by atoms with van der Waals surface area (Å²) in [5.74, 6) is 1.50. The van der Waals surface area contributed by atoms with E-state index < -0.39 is 0 Å². The normalized spacial score (nSPS) is 12.3. The molecule has 0 bridgehead atoms. The molecule has 0 spiro atoms. The zero-order valence-corrected chi connectivity index (χ0v) is 9.47. The van der Waals surface area contributed by atoms with Gasteiger partial charge in [0, 0.05) is 5.38 Å². The van der Waals surface area contributed by atoms with Crippen molar-refractivity contribution in [2.75, 3.05) is 14.2 Å². The van der Waals surface area contributed by atoms with E-state index in [9.17, 15) is 0 Å². The summed E-state index contributed by atoms with van der Waals surface area (Å²) in [7, 11) is 3.26. The lowest BCUT2D eigenvalue weighted by Crippen LogP contribution is -1.98. The molecule has 0 unspecified atom stereocenters. The van der Waals surface area contributed by atoms with E-state index >= 15 is 0 Å². The maximum absolute atomic E-state index is 5.91. The van der Waals surface area contributed by atoms with E-state index in [1.54, 1.807) is 14.2 Å². The number of halogens is 1. The molecule has 0 N–H and O–H groups in total. The zero-order chi connectivity index (χ0) is 10.6. The largest absolute Gasteiger partial charge is 0.493 e. The van der Waals surface area contributed by atoms with E-state index in [0.29, 0.717) is 0 Å². The molecule has 0 amide bonds. The maximum atomic E-state index is 5.91. The molecule has 14 heavy (non-hydrogen) atoms. The molecule has 0 saturated heterocycles. The number of methoxy groups -OCH3 is 2. The van der Waals surface area contributed by atoms with Crippen LogP contribution in [0.1, 0.15) is 12.5 Å². The lowest BCUT2D eigenvalue weighted by atomic mass is 10.1. The van der Waals surface area contributed by atoms with Gasteiger partial charge in [0.05, 0.1) is 14.2 Å². The summed E-state index contributed by atoms with van der Waals surface area (Å²) in [5, 5.41) is 0.133. The molecule has 2 nitrogen and oxygen atoms in total. The molecule has 1 rings (SSSR count). The molecule has 1 atom stereocenters. The Kier molecular flexibility index (Phi) is 4.08. The van der Waals surface area contributed by atoms with Gasteiger partial charge in [0.15, 0.2) is 11.5 Å². The number of alkyl halides is 1. The summed E-state index contributed by atoms with van der Waals surface area (Å²) in [5.41, 5.74) is 1.16. The van der Waals surface area contributed by atoms with Crippen molar-refractivity contribution in [3.63, 3.8) is 0 Å². The minimum absolute atomic E-state index is 0.133. The van der Waals surface area contributed by atoms with Gasteiger partial charge in [0.25, 0.3) is 0 Å². The molecule has 0 radical (unpaired) electrons. The fourth-order valence-electron chi connectivity index (χ4n) is 1.33. The molecule has 0 aliphatic carbocycles. The highest BCUT2D eigenvalue weighted by atomic mass is 35.5. The summed E-state index contributed by atoms with van der Waals surface area (Å²) < 4.78 is 10.3. The second-order valence-electron chi connectivity index (χ2n) is 3.17. The molecular weight excluding hydrogens is 200 g/mol. The molecule has 1 aromatic rings. The van der Waals surface area contributed by atoms with Crippen molar-refractivity contribution in [1.82, 2.24) is 0 Å². The van der Waals surface area contributed by atoms with E-state index in [4.69, 9.17) is 21.1 Å². The van der Waals surface area contributed by atoms with Gasteiger partial charge in [0.2, 0.25) is 0 Å². The van der Waals surface area contributed by atoms with Crippen molar-refractivity contribution in [2.24, 2.45) is 0 Å². The second-order valence-corrected chi connectivity index (χ2v) is 3.92. The van der Waals surface area contributed by atoms with Crippen molar-refractivity contribution < 1.29 is 9.47 Å². The second kappa shape index (κ2) is 5.11. The zero-order valence-electron chi connectivity index (χ0n) is 8.71. The van der Waals surface area contributed by atoms with Crippen LogP contribution in [-0.4, -0.2) is 19.6 Å². The van der Waals surface area contributed by atoms with Crippen molar-refractivity contribution in [2.45, 2.75) is 18.7 Å². The van der Waals surface area contributed by atoms with Gasteiger partial charge in [-0.2, -0.15) is 0 Å². The van der Waals surface area contributed by atoms with E-state index in [0.717, 1.165) is 23.5 Å². The van der Waals surface area contributed by atoms with Crippen LogP contribution in [0.5, 0.6) is 11.5 Å². The Bertz CT molecular complexity index is 297. The molecule has 0 aliphatic rings. The van der Waals surface area contributed by atoms with Crippen molar-refractivity contribution in [3.05, 3.63) is 23.8 Å². The SMILES string of the molecule is COc1ccc(C[C@H](C)Cl)cc1OC.